The molecule has 0 aromatic heterocycles. The smallest absolute Gasteiger partial charge is 0.234 e. The number of amides is 1. The summed E-state index contributed by atoms with van der Waals surface area (Å²) in [5, 5.41) is 4.91. The molecule has 3 aromatic carbocycles. The van der Waals surface area contributed by atoms with Crippen molar-refractivity contribution in [3.05, 3.63) is 66.7 Å². The second kappa shape index (κ2) is 8.59. The fourth-order valence-corrected chi connectivity index (χ4v) is 6.32. The van der Waals surface area contributed by atoms with Crippen LogP contribution in [0.25, 0.3) is 10.8 Å². The lowest BCUT2D eigenvalue weighted by molar-refractivity contribution is -0.113. The second-order valence-corrected chi connectivity index (χ2v) is 10.6. The van der Waals surface area contributed by atoms with E-state index < -0.39 is 9.84 Å². The normalized spacial score (nSPS) is 14.9. The fourth-order valence-electron chi connectivity index (χ4n) is 3.72. The van der Waals surface area contributed by atoms with Crippen molar-refractivity contribution in [3.8, 4) is 0 Å². The van der Waals surface area contributed by atoms with Gasteiger partial charge in [-0.25, -0.2) is 8.42 Å². The Bertz CT molecular complexity index is 1120. The van der Waals surface area contributed by atoms with Crippen molar-refractivity contribution in [2.45, 2.75) is 40.7 Å². The molecule has 29 heavy (non-hydrogen) atoms. The van der Waals surface area contributed by atoms with Gasteiger partial charge in [-0.05, 0) is 60.0 Å². The summed E-state index contributed by atoms with van der Waals surface area (Å²) >= 11 is 1.48. The van der Waals surface area contributed by atoms with E-state index in [1.165, 1.54) is 17.1 Å². The van der Waals surface area contributed by atoms with Crippen molar-refractivity contribution < 1.29 is 13.2 Å². The molecular weight excluding hydrogens is 402 g/mol. The number of fused-ring (bicyclic) bond motifs is 1. The SMILES string of the molecule is O=C(CSc1ccc2ccccc2c1)Nc1ccc(S(=O)(=O)C2CCCC2)cc1. The lowest BCUT2D eigenvalue weighted by atomic mass is 10.1. The molecule has 1 N–H and O–H groups in total. The van der Waals surface area contributed by atoms with Crippen LogP contribution in [0.5, 0.6) is 0 Å². The molecule has 6 heteroatoms. The molecule has 0 radical (unpaired) electrons. The highest BCUT2D eigenvalue weighted by molar-refractivity contribution is 8.00. The number of sulfone groups is 1. The van der Waals surface area contributed by atoms with Crippen molar-refractivity contribution in [1.29, 1.82) is 0 Å². The van der Waals surface area contributed by atoms with Gasteiger partial charge in [-0.3, -0.25) is 4.79 Å². The van der Waals surface area contributed by atoms with Gasteiger partial charge in [0.15, 0.2) is 9.84 Å². The Morgan fingerprint density at radius 3 is 2.34 bits per heavy atom. The van der Waals surface area contributed by atoms with E-state index in [2.05, 4.69) is 29.6 Å². The fraction of sp³-hybridized carbons (Fsp3) is 0.261. The number of hydrogen-bond donors (Lipinski definition) is 1. The molecule has 150 valence electrons. The van der Waals surface area contributed by atoms with Gasteiger partial charge in [0.05, 0.1) is 15.9 Å². The zero-order valence-corrected chi connectivity index (χ0v) is 17.6. The van der Waals surface area contributed by atoms with Gasteiger partial charge in [0.25, 0.3) is 0 Å². The van der Waals surface area contributed by atoms with Crippen LogP contribution in [0.1, 0.15) is 25.7 Å². The molecule has 0 saturated heterocycles. The van der Waals surface area contributed by atoms with Gasteiger partial charge in [-0.15, -0.1) is 11.8 Å². The molecule has 0 unspecified atom stereocenters. The van der Waals surface area contributed by atoms with Crippen LogP contribution in [-0.4, -0.2) is 25.3 Å². The molecule has 3 aromatic rings. The summed E-state index contributed by atoms with van der Waals surface area (Å²) in [5.41, 5.74) is 0.611. The Kier molecular flexibility index (Phi) is 5.92. The first-order valence-corrected chi connectivity index (χ1v) is 12.3. The molecule has 1 aliphatic rings. The third-order valence-corrected chi connectivity index (χ3v) is 8.57. The molecule has 1 saturated carbocycles. The Balaban J connectivity index is 1.35. The number of thioether (sulfide) groups is 1. The van der Waals surface area contributed by atoms with E-state index >= 15 is 0 Å². The molecule has 0 atom stereocenters. The molecule has 1 aliphatic carbocycles. The molecule has 0 heterocycles. The monoisotopic (exact) mass is 425 g/mol. The lowest BCUT2D eigenvalue weighted by Crippen LogP contribution is -2.18. The summed E-state index contributed by atoms with van der Waals surface area (Å²) in [6.45, 7) is 0. The van der Waals surface area contributed by atoms with Gasteiger partial charge in [0.2, 0.25) is 5.91 Å². The number of carbonyl (C=O) groups is 1. The summed E-state index contributed by atoms with van der Waals surface area (Å²) < 4.78 is 25.3. The van der Waals surface area contributed by atoms with Gasteiger partial charge in [0.1, 0.15) is 0 Å². The van der Waals surface area contributed by atoms with Gasteiger partial charge < -0.3 is 5.32 Å². The topological polar surface area (TPSA) is 63.2 Å². The van der Waals surface area contributed by atoms with Gasteiger partial charge >= 0.3 is 0 Å². The van der Waals surface area contributed by atoms with E-state index in [4.69, 9.17) is 0 Å². The summed E-state index contributed by atoms with van der Waals surface area (Å²) in [7, 11) is -3.26. The number of nitrogens with one attached hydrogen (secondary N) is 1. The summed E-state index contributed by atoms with van der Waals surface area (Å²) in [5.74, 6) is 0.176. The first-order chi connectivity index (χ1) is 14.0. The van der Waals surface area contributed by atoms with Crippen molar-refractivity contribution in [3.63, 3.8) is 0 Å². The van der Waals surface area contributed by atoms with Crippen LogP contribution in [0.15, 0.2) is 76.5 Å². The quantitative estimate of drug-likeness (QED) is 0.545. The van der Waals surface area contributed by atoms with E-state index in [1.807, 2.05) is 18.2 Å². The molecule has 1 amide bonds. The van der Waals surface area contributed by atoms with Crippen molar-refractivity contribution in [2.24, 2.45) is 0 Å². The maximum absolute atomic E-state index is 12.6. The van der Waals surface area contributed by atoms with Crippen molar-refractivity contribution in [1.82, 2.24) is 0 Å². The molecule has 4 rings (SSSR count). The zero-order chi connectivity index (χ0) is 20.3. The largest absolute Gasteiger partial charge is 0.325 e. The number of rotatable bonds is 6. The predicted molar refractivity (Wildman–Crippen MR) is 119 cm³/mol. The minimum absolute atomic E-state index is 0.116. The molecule has 0 bridgehead atoms. The summed E-state index contributed by atoms with van der Waals surface area (Å²) in [6.07, 6.45) is 3.44. The standard InChI is InChI=1S/C23H23NO3S2/c25-23(16-28-20-12-9-17-5-1-2-6-18(17)15-20)24-19-10-13-22(14-11-19)29(26,27)21-7-3-4-8-21/h1-2,5-6,9-15,21H,3-4,7-8,16H2,(H,24,25). The van der Waals surface area contributed by atoms with E-state index in [0.29, 0.717) is 16.3 Å². The minimum Gasteiger partial charge on any atom is -0.325 e. The minimum atomic E-state index is -3.26. The Morgan fingerprint density at radius 2 is 1.62 bits per heavy atom. The van der Waals surface area contributed by atoms with E-state index in [0.717, 1.165) is 36.0 Å². The van der Waals surface area contributed by atoms with Gasteiger partial charge in [0, 0.05) is 10.6 Å². The number of benzene rings is 3. The van der Waals surface area contributed by atoms with Crippen LogP contribution in [0.4, 0.5) is 5.69 Å². The highest BCUT2D eigenvalue weighted by Crippen LogP contribution is 2.30. The van der Waals surface area contributed by atoms with E-state index in [1.54, 1.807) is 24.3 Å². The first kappa shape index (κ1) is 20.0. The summed E-state index contributed by atoms with van der Waals surface area (Å²) in [6, 6.07) is 20.8. The van der Waals surface area contributed by atoms with Crippen LogP contribution < -0.4 is 5.32 Å². The molecule has 0 spiro atoms. The first-order valence-electron chi connectivity index (χ1n) is 9.78. The molecule has 1 fully saturated rings. The summed E-state index contributed by atoms with van der Waals surface area (Å²) in [4.78, 5) is 13.7. The van der Waals surface area contributed by atoms with Crippen LogP contribution in [0.3, 0.4) is 0 Å². The van der Waals surface area contributed by atoms with Gasteiger partial charge in [-0.1, -0.05) is 43.2 Å². The Hall–Kier alpha value is -2.31. The number of carbonyl (C=O) groups excluding carboxylic acids is 1. The van der Waals surface area contributed by atoms with Crippen LogP contribution in [0, 0.1) is 0 Å². The molecule has 0 aliphatic heterocycles. The van der Waals surface area contributed by atoms with Crippen LogP contribution in [0.2, 0.25) is 0 Å². The van der Waals surface area contributed by atoms with E-state index in [9.17, 15) is 13.2 Å². The van der Waals surface area contributed by atoms with E-state index in [-0.39, 0.29) is 11.2 Å². The third-order valence-electron chi connectivity index (χ3n) is 5.30. The van der Waals surface area contributed by atoms with Crippen molar-refractivity contribution in [2.75, 3.05) is 11.1 Å². The average molecular weight is 426 g/mol. The number of anilines is 1. The highest BCUT2D eigenvalue weighted by atomic mass is 32.2. The predicted octanol–water partition coefficient (Wildman–Crippen LogP) is 5.29. The molecule has 4 nitrogen and oxygen atoms in total. The number of hydrogen-bond acceptors (Lipinski definition) is 4. The maximum atomic E-state index is 12.6. The highest BCUT2D eigenvalue weighted by Gasteiger charge is 2.30. The molecular formula is C23H23NO3S2. The Labute approximate surface area is 175 Å². The van der Waals surface area contributed by atoms with Gasteiger partial charge in [-0.2, -0.15) is 0 Å². The Morgan fingerprint density at radius 1 is 0.931 bits per heavy atom. The van der Waals surface area contributed by atoms with Crippen LogP contribution >= 0.6 is 11.8 Å². The zero-order valence-electron chi connectivity index (χ0n) is 16.0. The van der Waals surface area contributed by atoms with Crippen LogP contribution in [-0.2, 0) is 14.6 Å². The van der Waals surface area contributed by atoms with Crippen molar-refractivity contribution >= 4 is 44.0 Å². The third kappa shape index (κ3) is 4.65. The lowest BCUT2D eigenvalue weighted by Gasteiger charge is -2.12. The second-order valence-electron chi connectivity index (χ2n) is 7.32. The average Bonchev–Trinajstić information content (AvgIpc) is 3.28. The maximum Gasteiger partial charge on any atom is 0.234 e.